The SMILES string of the molecule is O=C(C1CCCCC1)N1C[C@@H]2[C@H](c3ccccc31)[C@@H](CO)N2C(=O)Cc1ccccn1. The van der Waals surface area contributed by atoms with E-state index in [4.69, 9.17) is 0 Å². The van der Waals surface area contributed by atoms with E-state index in [1.54, 1.807) is 11.1 Å². The number of fused-ring (bicyclic) bond motifs is 3. The van der Waals surface area contributed by atoms with Crippen LogP contribution in [0.1, 0.15) is 49.3 Å². The zero-order chi connectivity index (χ0) is 21.4. The van der Waals surface area contributed by atoms with Gasteiger partial charge in [0.2, 0.25) is 11.8 Å². The second-order valence-electron chi connectivity index (χ2n) is 8.98. The number of nitrogens with zero attached hydrogens (tertiary/aromatic N) is 3. The van der Waals surface area contributed by atoms with E-state index in [1.165, 1.54) is 6.42 Å². The van der Waals surface area contributed by atoms with Gasteiger partial charge in [-0.15, -0.1) is 0 Å². The Morgan fingerprint density at radius 3 is 2.55 bits per heavy atom. The van der Waals surface area contributed by atoms with Crippen LogP contribution in [0.3, 0.4) is 0 Å². The largest absolute Gasteiger partial charge is 0.394 e. The first-order valence-electron chi connectivity index (χ1n) is 11.4. The van der Waals surface area contributed by atoms with E-state index in [2.05, 4.69) is 11.1 Å². The zero-order valence-corrected chi connectivity index (χ0v) is 17.7. The van der Waals surface area contributed by atoms with Crippen molar-refractivity contribution in [3.8, 4) is 0 Å². The Balaban J connectivity index is 1.43. The molecule has 1 aliphatic carbocycles. The van der Waals surface area contributed by atoms with E-state index in [0.717, 1.165) is 42.6 Å². The molecule has 3 atom stereocenters. The summed E-state index contributed by atoms with van der Waals surface area (Å²) in [7, 11) is 0. The fourth-order valence-electron chi connectivity index (χ4n) is 5.76. The molecule has 0 radical (unpaired) electrons. The van der Waals surface area contributed by atoms with E-state index in [-0.39, 0.29) is 48.8 Å². The predicted octanol–water partition coefficient (Wildman–Crippen LogP) is 2.91. The zero-order valence-electron chi connectivity index (χ0n) is 17.7. The van der Waals surface area contributed by atoms with Crippen LogP contribution in [0.15, 0.2) is 48.7 Å². The molecule has 2 amide bonds. The number of carbonyl (C=O) groups excluding carboxylic acids is 2. The maximum atomic E-state index is 13.5. The van der Waals surface area contributed by atoms with Gasteiger partial charge in [-0.25, -0.2) is 0 Å². The van der Waals surface area contributed by atoms with E-state index in [1.807, 2.05) is 41.3 Å². The third-order valence-electron chi connectivity index (χ3n) is 7.25. The molecule has 31 heavy (non-hydrogen) atoms. The van der Waals surface area contributed by atoms with Gasteiger partial charge in [0.1, 0.15) is 0 Å². The van der Waals surface area contributed by atoms with Crippen LogP contribution in [0.25, 0.3) is 0 Å². The third-order valence-corrected chi connectivity index (χ3v) is 7.25. The molecule has 0 bridgehead atoms. The summed E-state index contributed by atoms with van der Waals surface area (Å²) >= 11 is 0. The average Bonchev–Trinajstić information content (AvgIpc) is 2.80. The van der Waals surface area contributed by atoms with Crippen molar-refractivity contribution < 1.29 is 14.7 Å². The van der Waals surface area contributed by atoms with E-state index in [0.29, 0.717) is 6.54 Å². The van der Waals surface area contributed by atoms with Crippen molar-refractivity contribution >= 4 is 17.5 Å². The Hall–Kier alpha value is -2.73. The molecule has 1 aromatic heterocycles. The first-order chi connectivity index (χ1) is 15.2. The standard InChI is InChI=1S/C25H29N3O3/c29-16-22-24-19-11-4-5-12-20(19)27(25(31)17-8-2-1-3-9-17)15-21(24)28(22)23(30)14-18-10-6-7-13-26-18/h4-7,10-13,17,21-22,24,29H,1-3,8-9,14-16H2/t21-,22-,24+/m1/s1. The number of aromatic nitrogens is 1. The van der Waals surface area contributed by atoms with Crippen molar-refractivity contribution in [2.24, 2.45) is 5.92 Å². The molecule has 3 aliphatic rings. The highest BCUT2D eigenvalue weighted by Gasteiger charge is 2.55. The van der Waals surface area contributed by atoms with E-state index >= 15 is 0 Å². The van der Waals surface area contributed by atoms with Crippen LogP contribution in [0.5, 0.6) is 0 Å². The quantitative estimate of drug-likeness (QED) is 0.827. The van der Waals surface area contributed by atoms with Gasteiger partial charge in [-0.3, -0.25) is 14.6 Å². The molecule has 0 unspecified atom stereocenters. The molecular weight excluding hydrogens is 390 g/mol. The minimum Gasteiger partial charge on any atom is -0.394 e. The first-order valence-corrected chi connectivity index (χ1v) is 11.4. The van der Waals surface area contributed by atoms with Gasteiger partial charge in [0.05, 0.1) is 25.1 Å². The highest BCUT2D eigenvalue weighted by molar-refractivity contribution is 5.97. The molecule has 2 aliphatic heterocycles. The van der Waals surface area contributed by atoms with Gasteiger partial charge in [0.15, 0.2) is 0 Å². The van der Waals surface area contributed by atoms with Crippen molar-refractivity contribution in [1.29, 1.82) is 0 Å². The lowest BCUT2D eigenvalue weighted by atomic mass is 9.71. The molecule has 1 saturated heterocycles. The van der Waals surface area contributed by atoms with Crippen LogP contribution in [-0.4, -0.2) is 52.0 Å². The Bertz CT molecular complexity index is 957. The second-order valence-corrected chi connectivity index (χ2v) is 8.98. The molecule has 1 N–H and O–H groups in total. The minimum absolute atomic E-state index is 0.0385. The van der Waals surface area contributed by atoms with Crippen LogP contribution in [0, 0.1) is 5.92 Å². The number of hydrogen-bond acceptors (Lipinski definition) is 4. The van der Waals surface area contributed by atoms with Gasteiger partial charge in [0.25, 0.3) is 0 Å². The molecule has 5 rings (SSSR count). The van der Waals surface area contributed by atoms with Crippen molar-refractivity contribution in [2.75, 3.05) is 18.1 Å². The molecule has 6 nitrogen and oxygen atoms in total. The van der Waals surface area contributed by atoms with Crippen molar-refractivity contribution in [3.05, 3.63) is 59.9 Å². The van der Waals surface area contributed by atoms with E-state index in [9.17, 15) is 14.7 Å². The lowest BCUT2D eigenvalue weighted by molar-refractivity contribution is -0.150. The van der Waals surface area contributed by atoms with Gasteiger partial charge in [-0.05, 0) is 36.6 Å². The summed E-state index contributed by atoms with van der Waals surface area (Å²) < 4.78 is 0. The first kappa shape index (κ1) is 20.2. The average molecular weight is 420 g/mol. The number of pyridine rings is 1. The monoisotopic (exact) mass is 419 g/mol. The number of rotatable bonds is 4. The van der Waals surface area contributed by atoms with E-state index < -0.39 is 0 Å². The number of para-hydroxylation sites is 1. The normalized spacial score (nSPS) is 25.4. The number of benzene rings is 1. The third kappa shape index (κ3) is 3.53. The summed E-state index contributed by atoms with van der Waals surface area (Å²) in [6.45, 7) is 0.418. The van der Waals surface area contributed by atoms with Gasteiger partial charge in [-0.1, -0.05) is 43.5 Å². The summed E-state index contributed by atoms with van der Waals surface area (Å²) in [6, 6.07) is 13.2. The van der Waals surface area contributed by atoms with Gasteiger partial charge >= 0.3 is 0 Å². The summed E-state index contributed by atoms with van der Waals surface area (Å²) in [4.78, 5) is 34.7. The molecule has 1 saturated carbocycles. The van der Waals surface area contributed by atoms with Crippen LogP contribution >= 0.6 is 0 Å². The smallest absolute Gasteiger partial charge is 0.230 e. The lowest BCUT2D eigenvalue weighted by Gasteiger charge is -2.59. The Labute approximate surface area is 182 Å². The van der Waals surface area contributed by atoms with Crippen LogP contribution in [0.4, 0.5) is 5.69 Å². The Kier molecular flexibility index (Phi) is 5.48. The molecule has 3 heterocycles. The summed E-state index contributed by atoms with van der Waals surface area (Å²) in [6.07, 6.45) is 7.23. The molecule has 6 heteroatoms. The molecule has 2 fully saturated rings. The number of amides is 2. The maximum Gasteiger partial charge on any atom is 0.230 e. The number of aliphatic hydroxyl groups is 1. The molecule has 2 aromatic rings. The maximum absolute atomic E-state index is 13.5. The summed E-state index contributed by atoms with van der Waals surface area (Å²) in [5.74, 6) is 0.285. The fraction of sp³-hybridized carbons (Fsp3) is 0.480. The predicted molar refractivity (Wildman–Crippen MR) is 118 cm³/mol. The van der Waals surface area contributed by atoms with Crippen LogP contribution in [0.2, 0.25) is 0 Å². The highest BCUT2D eigenvalue weighted by atomic mass is 16.3. The van der Waals surface area contributed by atoms with Gasteiger partial charge in [-0.2, -0.15) is 0 Å². The molecular formula is C25H29N3O3. The minimum atomic E-state index is -0.255. The topological polar surface area (TPSA) is 73.7 Å². The van der Waals surface area contributed by atoms with Crippen molar-refractivity contribution in [3.63, 3.8) is 0 Å². The van der Waals surface area contributed by atoms with Crippen molar-refractivity contribution in [1.82, 2.24) is 9.88 Å². The number of anilines is 1. The highest BCUT2D eigenvalue weighted by Crippen LogP contribution is 2.48. The summed E-state index contributed by atoms with van der Waals surface area (Å²) in [5, 5.41) is 10.1. The molecule has 1 aromatic carbocycles. The fourth-order valence-corrected chi connectivity index (χ4v) is 5.76. The molecule has 162 valence electrons. The van der Waals surface area contributed by atoms with Crippen LogP contribution in [-0.2, 0) is 16.0 Å². The van der Waals surface area contributed by atoms with Crippen LogP contribution < -0.4 is 4.90 Å². The number of likely N-dealkylation sites (tertiary alicyclic amines) is 1. The number of aliphatic hydroxyl groups excluding tert-OH is 1. The van der Waals surface area contributed by atoms with Gasteiger partial charge in [0, 0.05) is 36.0 Å². The number of hydrogen-bond donors (Lipinski definition) is 1. The number of carbonyl (C=O) groups is 2. The van der Waals surface area contributed by atoms with Gasteiger partial charge < -0.3 is 14.9 Å². The lowest BCUT2D eigenvalue weighted by Crippen LogP contribution is -2.71. The molecule has 0 spiro atoms. The Morgan fingerprint density at radius 1 is 1.03 bits per heavy atom. The Morgan fingerprint density at radius 2 is 1.81 bits per heavy atom. The van der Waals surface area contributed by atoms with Crippen molar-refractivity contribution in [2.45, 2.75) is 56.5 Å². The second kappa shape index (κ2) is 8.42. The summed E-state index contributed by atoms with van der Waals surface area (Å²) in [5.41, 5.74) is 2.75.